The van der Waals surface area contributed by atoms with Crippen LogP contribution >= 0.6 is 11.3 Å². The van der Waals surface area contributed by atoms with Crippen molar-refractivity contribution in [3.05, 3.63) is 50.0 Å². The van der Waals surface area contributed by atoms with Crippen LogP contribution < -0.4 is 11.1 Å². The molecule has 0 aliphatic rings. The minimum absolute atomic E-state index is 0.0903. The van der Waals surface area contributed by atoms with Crippen molar-refractivity contribution >= 4 is 28.6 Å². The Morgan fingerprint density at radius 3 is 2.90 bits per heavy atom. The van der Waals surface area contributed by atoms with E-state index >= 15 is 0 Å². The first-order valence-electron chi connectivity index (χ1n) is 5.70. The monoisotopic (exact) mass is 292 g/mol. The van der Waals surface area contributed by atoms with E-state index in [9.17, 15) is 14.9 Å². The van der Waals surface area contributed by atoms with Crippen molar-refractivity contribution in [3.8, 4) is 0 Å². The third-order valence-electron chi connectivity index (χ3n) is 2.56. The molecule has 0 saturated heterocycles. The number of aromatic nitrogens is 1. The number of thiazole rings is 1. The third-order valence-corrected chi connectivity index (χ3v) is 3.53. The van der Waals surface area contributed by atoms with Crippen LogP contribution in [-0.2, 0) is 6.54 Å². The second-order valence-electron chi connectivity index (χ2n) is 4.09. The second kappa shape index (κ2) is 5.66. The fraction of sp³-hybridized carbons (Fsp3) is 0.167. The number of non-ortho nitro benzene ring substituents is 1. The minimum Gasteiger partial charge on any atom is -0.398 e. The summed E-state index contributed by atoms with van der Waals surface area (Å²) >= 11 is 1.43. The van der Waals surface area contributed by atoms with Gasteiger partial charge in [-0.05, 0) is 13.0 Å². The van der Waals surface area contributed by atoms with Crippen molar-refractivity contribution in [2.45, 2.75) is 13.5 Å². The number of benzene rings is 1. The van der Waals surface area contributed by atoms with Gasteiger partial charge in [0.1, 0.15) is 5.01 Å². The van der Waals surface area contributed by atoms with Gasteiger partial charge in [0.2, 0.25) is 0 Å². The maximum atomic E-state index is 12.0. The Morgan fingerprint density at radius 1 is 1.55 bits per heavy atom. The first-order valence-corrected chi connectivity index (χ1v) is 6.58. The number of nitrogens with zero attached hydrogens (tertiary/aromatic N) is 2. The van der Waals surface area contributed by atoms with Crippen molar-refractivity contribution in [3.63, 3.8) is 0 Å². The van der Waals surface area contributed by atoms with Gasteiger partial charge in [-0.15, -0.1) is 11.3 Å². The molecule has 2 aromatic rings. The van der Waals surface area contributed by atoms with Gasteiger partial charge in [0.15, 0.2) is 0 Å². The first kappa shape index (κ1) is 13.9. The number of amides is 1. The summed E-state index contributed by atoms with van der Waals surface area (Å²) in [6, 6.07) is 3.77. The van der Waals surface area contributed by atoms with Gasteiger partial charge in [-0.2, -0.15) is 0 Å². The average molecular weight is 292 g/mol. The zero-order valence-electron chi connectivity index (χ0n) is 10.6. The summed E-state index contributed by atoms with van der Waals surface area (Å²) in [5.41, 5.74) is 6.67. The molecule has 0 bridgehead atoms. The smallest absolute Gasteiger partial charge is 0.270 e. The van der Waals surface area contributed by atoms with Crippen molar-refractivity contribution in [2.24, 2.45) is 0 Å². The topological polar surface area (TPSA) is 111 Å². The summed E-state index contributed by atoms with van der Waals surface area (Å²) in [6.07, 6.45) is 0. The van der Waals surface area contributed by atoms with Crippen LogP contribution in [-0.4, -0.2) is 15.8 Å². The van der Waals surface area contributed by atoms with E-state index in [-0.39, 0.29) is 23.5 Å². The number of hydrogen-bond donors (Lipinski definition) is 2. The summed E-state index contributed by atoms with van der Waals surface area (Å²) in [7, 11) is 0. The number of carbonyl (C=O) groups excluding carboxylic acids is 1. The van der Waals surface area contributed by atoms with Crippen LogP contribution in [0.15, 0.2) is 23.6 Å². The minimum atomic E-state index is -0.569. The molecule has 1 amide bonds. The van der Waals surface area contributed by atoms with Gasteiger partial charge < -0.3 is 11.1 Å². The van der Waals surface area contributed by atoms with Gasteiger partial charge in [-0.1, -0.05) is 0 Å². The molecular formula is C12H12N4O3S. The molecule has 3 N–H and O–H groups in total. The number of aryl methyl sites for hydroxylation is 1. The van der Waals surface area contributed by atoms with E-state index in [4.69, 9.17) is 5.73 Å². The lowest BCUT2D eigenvalue weighted by Gasteiger charge is -2.06. The van der Waals surface area contributed by atoms with E-state index in [0.717, 1.165) is 16.8 Å². The molecule has 0 spiro atoms. The number of nitrogens with one attached hydrogen (secondary N) is 1. The van der Waals surface area contributed by atoms with E-state index in [2.05, 4.69) is 10.3 Å². The lowest BCUT2D eigenvalue weighted by atomic mass is 10.1. The number of carbonyl (C=O) groups is 1. The van der Waals surface area contributed by atoms with Crippen LogP contribution in [0.4, 0.5) is 11.4 Å². The summed E-state index contributed by atoms with van der Waals surface area (Å²) in [4.78, 5) is 26.3. The summed E-state index contributed by atoms with van der Waals surface area (Å²) in [6.45, 7) is 2.12. The zero-order valence-corrected chi connectivity index (χ0v) is 11.4. The molecule has 7 nitrogen and oxygen atoms in total. The molecule has 2 rings (SSSR count). The number of nitrogen functional groups attached to an aromatic ring is 1. The summed E-state index contributed by atoms with van der Waals surface area (Å²) < 4.78 is 0. The molecule has 104 valence electrons. The van der Waals surface area contributed by atoms with Crippen LogP contribution in [0.5, 0.6) is 0 Å². The number of nitro benzene ring substituents is 1. The Bertz CT molecular complexity index is 668. The van der Waals surface area contributed by atoms with Crippen LogP contribution in [0.2, 0.25) is 0 Å². The van der Waals surface area contributed by atoms with E-state index in [1.807, 2.05) is 12.3 Å². The molecule has 0 aliphatic heterocycles. The lowest BCUT2D eigenvalue weighted by molar-refractivity contribution is -0.384. The number of anilines is 1. The van der Waals surface area contributed by atoms with Gasteiger partial charge >= 0.3 is 0 Å². The molecule has 20 heavy (non-hydrogen) atoms. The number of nitro groups is 1. The Labute approximate surface area is 118 Å². The highest BCUT2D eigenvalue weighted by Crippen LogP contribution is 2.19. The molecule has 0 atom stereocenters. The van der Waals surface area contributed by atoms with Gasteiger partial charge in [0, 0.05) is 28.9 Å². The van der Waals surface area contributed by atoms with Crippen molar-refractivity contribution in [1.29, 1.82) is 0 Å². The number of hydrogen-bond acceptors (Lipinski definition) is 6. The third kappa shape index (κ3) is 3.09. The highest BCUT2D eigenvalue weighted by molar-refractivity contribution is 7.09. The van der Waals surface area contributed by atoms with Crippen LogP contribution in [0.1, 0.15) is 21.1 Å². The maximum absolute atomic E-state index is 12.0. The van der Waals surface area contributed by atoms with Gasteiger partial charge in [-0.3, -0.25) is 14.9 Å². The molecule has 8 heteroatoms. The Morgan fingerprint density at radius 2 is 2.30 bits per heavy atom. The van der Waals surface area contributed by atoms with Crippen LogP contribution in [0.25, 0.3) is 0 Å². The highest BCUT2D eigenvalue weighted by Gasteiger charge is 2.15. The van der Waals surface area contributed by atoms with Gasteiger partial charge in [0.05, 0.1) is 17.0 Å². The number of rotatable bonds is 4. The van der Waals surface area contributed by atoms with E-state index < -0.39 is 10.8 Å². The molecule has 0 aliphatic carbocycles. The molecular weight excluding hydrogens is 280 g/mol. The Balaban J connectivity index is 2.12. The van der Waals surface area contributed by atoms with Gasteiger partial charge in [0.25, 0.3) is 11.6 Å². The predicted molar refractivity (Wildman–Crippen MR) is 75.5 cm³/mol. The SMILES string of the molecule is Cc1csc(CNC(=O)c2cc([N+](=O)[O-])ccc2N)n1. The fourth-order valence-electron chi connectivity index (χ4n) is 1.59. The molecule has 0 fully saturated rings. The van der Waals surface area contributed by atoms with Crippen LogP contribution in [0, 0.1) is 17.0 Å². The molecule has 1 heterocycles. The Hall–Kier alpha value is -2.48. The van der Waals surface area contributed by atoms with Gasteiger partial charge in [-0.25, -0.2) is 4.98 Å². The van der Waals surface area contributed by atoms with E-state index in [0.29, 0.717) is 0 Å². The summed E-state index contributed by atoms with van der Waals surface area (Å²) in [5, 5.41) is 16.0. The zero-order chi connectivity index (χ0) is 14.7. The lowest BCUT2D eigenvalue weighted by Crippen LogP contribution is -2.23. The Kier molecular flexibility index (Phi) is 3.94. The van der Waals surface area contributed by atoms with Crippen LogP contribution in [0.3, 0.4) is 0 Å². The molecule has 0 unspecified atom stereocenters. The maximum Gasteiger partial charge on any atom is 0.270 e. The quantitative estimate of drug-likeness (QED) is 0.507. The molecule has 0 radical (unpaired) electrons. The van der Waals surface area contributed by atoms with Crippen molar-refractivity contribution in [1.82, 2.24) is 10.3 Å². The predicted octanol–water partition coefficient (Wildman–Crippen LogP) is 1.87. The summed E-state index contributed by atoms with van der Waals surface area (Å²) in [5.74, 6) is -0.459. The largest absolute Gasteiger partial charge is 0.398 e. The molecule has 0 saturated carbocycles. The second-order valence-corrected chi connectivity index (χ2v) is 5.04. The fourth-order valence-corrected chi connectivity index (χ4v) is 2.30. The first-order chi connectivity index (χ1) is 9.47. The van der Waals surface area contributed by atoms with Crippen molar-refractivity contribution in [2.75, 3.05) is 5.73 Å². The number of nitrogens with two attached hydrogens (primary N) is 1. The highest BCUT2D eigenvalue weighted by atomic mass is 32.1. The van der Waals surface area contributed by atoms with E-state index in [1.165, 1.54) is 23.5 Å². The molecule has 1 aromatic heterocycles. The molecule has 1 aromatic carbocycles. The normalized spacial score (nSPS) is 10.2. The average Bonchev–Trinajstić information content (AvgIpc) is 2.82. The standard InChI is InChI=1S/C12H12N4O3S/c1-7-6-20-11(15-7)5-14-12(17)9-4-8(16(18)19)2-3-10(9)13/h2-4,6H,5,13H2,1H3,(H,14,17). The van der Waals surface area contributed by atoms with E-state index in [1.54, 1.807) is 0 Å². The van der Waals surface area contributed by atoms with Crippen molar-refractivity contribution < 1.29 is 9.72 Å².